The lowest BCUT2D eigenvalue weighted by Crippen LogP contribution is -1.94. The minimum absolute atomic E-state index is 0.688. The molecule has 0 N–H and O–H groups in total. The normalized spacial score (nSPS) is 11.9. The number of aromatic nitrogens is 2. The average Bonchev–Trinajstić information content (AvgIpc) is 3.84. The van der Waals surface area contributed by atoms with E-state index in [9.17, 15) is 0 Å². The molecule has 3 nitrogen and oxygen atoms in total. The summed E-state index contributed by atoms with van der Waals surface area (Å²) in [6.07, 6.45) is 0. The van der Waals surface area contributed by atoms with Crippen molar-refractivity contribution in [1.82, 2.24) is 9.97 Å². The number of rotatable bonds is 4. The van der Waals surface area contributed by atoms with Crippen LogP contribution in [0, 0.1) is 0 Å². The molecule has 56 heavy (non-hydrogen) atoms. The molecule has 0 saturated heterocycles. The van der Waals surface area contributed by atoms with E-state index < -0.39 is 0 Å². The van der Waals surface area contributed by atoms with Gasteiger partial charge in [-0.15, -0.1) is 11.3 Å². The highest BCUT2D eigenvalue weighted by molar-refractivity contribution is 7.26. The second-order valence-electron chi connectivity index (χ2n) is 14.5. The van der Waals surface area contributed by atoms with Crippen molar-refractivity contribution in [3.63, 3.8) is 0 Å². The number of hydrogen-bond acceptors (Lipinski definition) is 4. The van der Waals surface area contributed by atoms with Gasteiger partial charge in [0, 0.05) is 37.5 Å². The number of para-hydroxylation sites is 1. The first kappa shape index (κ1) is 31.2. The van der Waals surface area contributed by atoms with Crippen LogP contribution in [0.15, 0.2) is 186 Å². The Labute approximate surface area is 325 Å². The van der Waals surface area contributed by atoms with Gasteiger partial charge in [-0.2, -0.15) is 0 Å². The third kappa shape index (κ3) is 4.76. The lowest BCUT2D eigenvalue weighted by Gasteiger charge is -2.12. The molecular weight excluding hydrogens is 701 g/mol. The van der Waals surface area contributed by atoms with E-state index in [-0.39, 0.29) is 0 Å². The first-order chi connectivity index (χ1) is 27.7. The van der Waals surface area contributed by atoms with Gasteiger partial charge in [0.15, 0.2) is 5.82 Å². The minimum atomic E-state index is 0.688. The van der Waals surface area contributed by atoms with E-state index in [1.807, 2.05) is 0 Å². The molecule has 0 fully saturated rings. The van der Waals surface area contributed by atoms with Gasteiger partial charge in [-0.3, -0.25) is 0 Å². The molecule has 0 aliphatic carbocycles. The molecule has 0 unspecified atom stereocenters. The number of fused-ring (bicyclic) bond motifs is 10. The van der Waals surface area contributed by atoms with E-state index in [1.165, 1.54) is 48.1 Å². The highest BCUT2D eigenvalue weighted by Crippen LogP contribution is 2.44. The van der Waals surface area contributed by atoms with Crippen LogP contribution in [0.3, 0.4) is 0 Å². The molecule has 0 aliphatic heterocycles. The largest absolute Gasteiger partial charge is 0.455 e. The molecule has 0 radical (unpaired) electrons. The van der Waals surface area contributed by atoms with E-state index in [4.69, 9.17) is 14.4 Å². The third-order valence-electron chi connectivity index (χ3n) is 11.3. The van der Waals surface area contributed by atoms with E-state index in [0.29, 0.717) is 5.82 Å². The molecule has 0 aliphatic rings. The molecule has 260 valence electrons. The van der Waals surface area contributed by atoms with Gasteiger partial charge in [0.25, 0.3) is 0 Å². The Hall–Kier alpha value is -7.14. The fourth-order valence-electron chi connectivity index (χ4n) is 8.65. The van der Waals surface area contributed by atoms with Crippen molar-refractivity contribution in [2.45, 2.75) is 0 Å². The Kier molecular flexibility index (Phi) is 6.80. The third-order valence-corrected chi connectivity index (χ3v) is 12.4. The van der Waals surface area contributed by atoms with Gasteiger partial charge in [0.2, 0.25) is 0 Å². The summed E-state index contributed by atoms with van der Waals surface area (Å²) in [5.74, 6) is 0.688. The summed E-state index contributed by atoms with van der Waals surface area (Å²) in [5, 5.41) is 10.6. The van der Waals surface area contributed by atoms with Crippen LogP contribution in [0.4, 0.5) is 0 Å². The molecule has 9 aromatic carbocycles. The lowest BCUT2D eigenvalue weighted by atomic mass is 9.91. The summed E-state index contributed by atoms with van der Waals surface area (Å²) < 4.78 is 9.12. The zero-order chi connectivity index (χ0) is 36.7. The molecule has 0 amide bonds. The predicted octanol–water partition coefficient (Wildman–Crippen LogP) is 14.9. The molecule has 3 heterocycles. The van der Waals surface area contributed by atoms with Gasteiger partial charge in [-0.05, 0) is 79.3 Å². The standard InChI is InChI=1S/C52H30N2OS/c1-2-13-32-28-36(27-26-31(32)12-1)48-51-49(41-20-7-8-25-46(41)56-51)54-52(53-48)43-23-11-24-45-47(43)42-22-10-21-38(50(42)55-45)33-15-9-16-34(29-33)44-30-35-14-3-4-17-37(35)39-18-5-6-19-40(39)44/h1-30H. The molecule has 12 rings (SSSR count). The molecule has 4 heteroatoms. The van der Waals surface area contributed by atoms with Gasteiger partial charge in [-0.25, -0.2) is 9.97 Å². The Bertz CT molecular complexity index is 3560. The molecule has 0 atom stereocenters. The monoisotopic (exact) mass is 730 g/mol. The Morgan fingerprint density at radius 1 is 0.411 bits per heavy atom. The maximum atomic E-state index is 6.83. The Morgan fingerprint density at radius 2 is 1.09 bits per heavy atom. The highest BCUT2D eigenvalue weighted by atomic mass is 32.1. The zero-order valence-electron chi connectivity index (χ0n) is 30.0. The van der Waals surface area contributed by atoms with Crippen LogP contribution in [0.25, 0.3) is 119 Å². The number of nitrogens with zero attached hydrogens (tertiary/aromatic N) is 2. The molecule has 0 bridgehead atoms. The lowest BCUT2D eigenvalue weighted by molar-refractivity contribution is 0.670. The SMILES string of the molecule is c1cc(-c2cc3ccccc3c3ccccc23)cc(-c2cccc3c2oc2cccc(-c4nc(-c5ccc6ccccc6c5)c5sc6ccccc6c5n4)c23)c1. The maximum absolute atomic E-state index is 6.83. The van der Waals surface area contributed by atoms with Crippen LogP contribution in [0.5, 0.6) is 0 Å². The Balaban J connectivity index is 1.06. The van der Waals surface area contributed by atoms with E-state index in [1.54, 1.807) is 11.3 Å². The second-order valence-corrected chi connectivity index (χ2v) is 15.5. The van der Waals surface area contributed by atoms with Gasteiger partial charge in [-0.1, -0.05) is 152 Å². The van der Waals surface area contributed by atoms with E-state index in [0.717, 1.165) is 65.5 Å². The fourth-order valence-corrected chi connectivity index (χ4v) is 9.81. The average molecular weight is 731 g/mol. The topological polar surface area (TPSA) is 38.9 Å². The van der Waals surface area contributed by atoms with Gasteiger partial charge < -0.3 is 4.42 Å². The summed E-state index contributed by atoms with van der Waals surface area (Å²) >= 11 is 1.76. The molecule has 0 saturated carbocycles. The predicted molar refractivity (Wildman–Crippen MR) is 236 cm³/mol. The number of furan rings is 1. The molecule has 12 aromatic rings. The van der Waals surface area contributed by atoms with Crippen molar-refractivity contribution in [3.05, 3.63) is 182 Å². The molecule has 0 spiro atoms. The summed E-state index contributed by atoms with van der Waals surface area (Å²) in [6, 6.07) is 64.9. The minimum Gasteiger partial charge on any atom is -0.455 e. The summed E-state index contributed by atoms with van der Waals surface area (Å²) in [4.78, 5) is 10.8. The first-order valence-electron chi connectivity index (χ1n) is 18.9. The van der Waals surface area contributed by atoms with Crippen LogP contribution < -0.4 is 0 Å². The van der Waals surface area contributed by atoms with Crippen molar-refractivity contribution in [2.75, 3.05) is 0 Å². The number of hydrogen-bond donors (Lipinski definition) is 0. The van der Waals surface area contributed by atoms with Crippen molar-refractivity contribution in [1.29, 1.82) is 0 Å². The van der Waals surface area contributed by atoms with Crippen LogP contribution >= 0.6 is 11.3 Å². The van der Waals surface area contributed by atoms with Gasteiger partial charge in [0.1, 0.15) is 11.2 Å². The van der Waals surface area contributed by atoms with Crippen LogP contribution in [0.2, 0.25) is 0 Å². The zero-order valence-corrected chi connectivity index (χ0v) is 30.8. The van der Waals surface area contributed by atoms with Crippen LogP contribution in [0.1, 0.15) is 0 Å². The van der Waals surface area contributed by atoms with Crippen LogP contribution in [-0.2, 0) is 0 Å². The van der Waals surface area contributed by atoms with Crippen LogP contribution in [-0.4, -0.2) is 9.97 Å². The quantitative estimate of drug-likeness (QED) is 0.169. The summed E-state index contributed by atoms with van der Waals surface area (Å²) in [7, 11) is 0. The first-order valence-corrected chi connectivity index (χ1v) is 19.7. The smallest absolute Gasteiger partial charge is 0.161 e. The van der Waals surface area contributed by atoms with Gasteiger partial charge >= 0.3 is 0 Å². The van der Waals surface area contributed by atoms with E-state index >= 15 is 0 Å². The van der Waals surface area contributed by atoms with Gasteiger partial charge in [0.05, 0.1) is 15.9 Å². The maximum Gasteiger partial charge on any atom is 0.161 e. The van der Waals surface area contributed by atoms with E-state index in [2.05, 4.69) is 182 Å². The second kappa shape index (κ2) is 12.2. The summed E-state index contributed by atoms with van der Waals surface area (Å²) in [5.41, 5.74) is 10.2. The fraction of sp³-hybridized carbons (Fsp3) is 0. The number of thiophene rings is 1. The van der Waals surface area contributed by atoms with Crippen molar-refractivity contribution < 1.29 is 4.42 Å². The molecule has 3 aromatic heterocycles. The summed E-state index contributed by atoms with van der Waals surface area (Å²) in [6.45, 7) is 0. The number of benzene rings is 9. The highest BCUT2D eigenvalue weighted by Gasteiger charge is 2.21. The van der Waals surface area contributed by atoms with Crippen molar-refractivity contribution in [2.24, 2.45) is 0 Å². The van der Waals surface area contributed by atoms with Crippen molar-refractivity contribution >= 4 is 85.9 Å². The molecular formula is C52H30N2OS. The van der Waals surface area contributed by atoms with Crippen molar-refractivity contribution in [3.8, 4) is 44.9 Å². The Morgan fingerprint density at radius 3 is 1.98 bits per heavy atom.